The number of halogens is 2. The summed E-state index contributed by atoms with van der Waals surface area (Å²) in [5.41, 5.74) is -0.434. The zero-order chi connectivity index (χ0) is 18.0. The van der Waals surface area contributed by atoms with Gasteiger partial charge in [-0.05, 0) is 17.5 Å². The molecule has 2 aromatic heterocycles. The molecule has 0 saturated heterocycles. The first-order valence-electron chi connectivity index (χ1n) is 7.36. The smallest absolute Gasteiger partial charge is 0.328 e. The molecule has 0 aliphatic heterocycles. The number of hydrogen-bond acceptors (Lipinski definition) is 4. The molecule has 9 heteroatoms. The third-order valence-corrected chi connectivity index (χ3v) is 4.55. The molecule has 1 amide bonds. The molecule has 0 aliphatic carbocycles. The molecule has 1 aromatic carbocycles. The average Bonchev–Trinajstić information content (AvgIpc) is 3.02. The van der Waals surface area contributed by atoms with Gasteiger partial charge in [0.15, 0.2) is 0 Å². The Balaban J connectivity index is 1.65. The third kappa shape index (κ3) is 3.66. The number of amides is 1. The van der Waals surface area contributed by atoms with Crippen molar-refractivity contribution in [3.63, 3.8) is 0 Å². The van der Waals surface area contributed by atoms with E-state index in [0.717, 1.165) is 16.7 Å². The lowest BCUT2D eigenvalue weighted by Crippen LogP contribution is -2.36. The van der Waals surface area contributed by atoms with Crippen molar-refractivity contribution in [3.05, 3.63) is 67.7 Å². The normalized spacial score (nSPS) is 11.0. The summed E-state index contributed by atoms with van der Waals surface area (Å²) >= 11 is 1.21. The van der Waals surface area contributed by atoms with Crippen molar-refractivity contribution in [1.29, 1.82) is 0 Å². The van der Waals surface area contributed by atoms with Crippen molar-refractivity contribution in [2.24, 2.45) is 0 Å². The van der Waals surface area contributed by atoms with Gasteiger partial charge < -0.3 is 10.3 Å². The van der Waals surface area contributed by atoms with Gasteiger partial charge in [0.2, 0.25) is 5.91 Å². The van der Waals surface area contributed by atoms with Crippen LogP contribution in [0.2, 0.25) is 0 Å². The molecule has 0 bridgehead atoms. The van der Waals surface area contributed by atoms with Crippen LogP contribution in [0.4, 0.5) is 8.78 Å². The van der Waals surface area contributed by atoms with Crippen molar-refractivity contribution >= 4 is 27.5 Å². The Labute approximate surface area is 143 Å². The largest absolute Gasteiger partial charge is 0.352 e. The average molecular weight is 365 g/mol. The number of hydrogen-bond donors (Lipinski definition) is 2. The van der Waals surface area contributed by atoms with E-state index in [-0.39, 0.29) is 25.1 Å². The second-order valence-corrected chi connectivity index (χ2v) is 6.23. The molecule has 0 unspecified atom stereocenters. The predicted octanol–water partition coefficient (Wildman–Crippen LogP) is 1.74. The second kappa shape index (κ2) is 6.98. The Morgan fingerprint density at radius 3 is 2.80 bits per heavy atom. The lowest BCUT2D eigenvalue weighted by molar-refractivity contribution is -0.121. The molecular weight excluding hydrogens is 352 g/mol. The highest BCUT2D eigenvalue weighted by Crippen LogP contribution is 2.12. The van der Waals surface area contributed by atoms with Crippen LogP contribution in [0.15, 0.2) is 39.2 Å². The molecule has 0 spiro atoms. The maximum Gasteiger partial charge on any atom is 0.328 e. The Morgan fingerprint density at radius 2 is 2.04 bits per heavy atom. The number of aromatic nitrogens is 2. The van der Waals surface area contributed by atoms with E-state index in [4.69, 9.17) is 0 Å². The molecule has 0 saturated carbocycles. The van der Waals surface area contributed by atoms with E-state index in [1.165, 1.54) is 17.4 Å². The van der Waals surface area contributed by atoms with E-state index < -0.39 is 28.8 Å². The zero-order valence-corrected chi connectivity index (χ0v) is 13.7. The number of rotatable bonds is 5. The highest BCUT2D eigenvalue weighted by atomic mass is 32.1. The summed E-state index contributed by atoms with van der Waals surface area (Å²) in [6.07, 6.45) is -0.122. The molecule has 3 aromatic rings. The number of carbonyl (C=O) groups excluding carboxylic acids is 1. The Bertz CT molecular complexity index is 1050. The van der Waals surface area contributed by atoms with Gasteiger partial charge in [0.05, 0.1) is 5.52 Å². The molecule has 6 nitrogen and oxygen atoms in total. The molecule has 130 valence electrons. The van der Waals surface area contributed by atoms with Crippen molar-refractivity contribution in [2.45, 2.75) is 19.5 Å². The minimum absolute atomic E-state index is 0.0975. The number of H-pyrrole nitrogens is 1. The summed E-state index contributed by atoms with van der Waals surface area (Å²) in [5, 5.41) is 4.16. The first-order valence-corrected chi connectivity index (χ1v) is 8.24. The second-order valence-electron chi connectivity index (χ2n) is 5.31. The third-order valence-electron chi connectivity index (χ3n) is 3.64. The standard InChI is InChI=1S/C16H13F2N3O3S/c17-10-2-1-9(11(18)7-10)8-19-13(22)3-5-21-15(23)14-12(4-6-25-14)20-16(21)24/h1-2,4,6-7H,3,5,8H2,(H,19,22)(H,20,24). The van der Waals surface area contributed by atoms with Gasteiger partial charge in [-0.15, -0.1) is 11.3 Å². The highest BCUT2D eigenvalue weighted by molar-refractivity contribution is 7.17. The van der Waals surface area contributed by atoms with Crippen LogP contribution in [0.5, 0.6) is 0 Å². The van der Waals surface area contributed by atoms with Gasteiger partial charge in [-0.25, -0.2) is 13.6 Å². The van der Waals surface area contributed by atoms with Gasteiger partial charge >= 0.3 is 5.69 Å². The van der Waals surface area contributed by atoms with Crippen LogP contribution in [-0.4, -0.2) is 15.5 Å². The molecule has 0 radical (unpaired) electrons. The van der Waals surface area contributed by atoms with E-state index in [0.29, 0.717) is 10.2 Å². The quantitative estimate of drug-likeness (QED) is 0.722. The Kier molecular flexibility index (Phi) is 4.75. The monoisotopic (exact) mass is 365 g/mol. The van der Waals surface area contributed by atoms with Crippen molar-refractivity contribution in [3.8, 4) is 0 Å². The molecule has 0 aliphatic rings. The first kappa shape index (κ1) is 17.0. The molecule has 0 fully saturated rings. The van der Waals surface area contributed by atoms with E-state index in [1.807, 2.05) is 0 Å². The molecule has 2 N–H and O–H groups in total. The van der Waals surface area contributed by atoms with Crippen LogP contribution in [0.1, 0.15) is 12.0 Å². The van der Waals surface area contributed by atoms with Gasteiger partial charge in [0.1, 0.15) is 16.3 Å². The van der Waals surface area contributed by atoms with Gasteiger partial charge in [0, 0.05) is 31.1 Å². The number of thiophene rings is 1. The molecule has 25 heavy (non-hydrogen) atoms. The molecule has 3 rings (SSSR count). The minimum Gasteiger partial charge on any atom is -0.352 e. The number of aromatic amines is 1. The maximum absolute atomic E-state index is 13.5. The SMILES string of the molecule is O=C(CCn1c(=O)[nH]c2ccsc2c1=O)NCc1ccc(F)cc1F. The number of nitrogens with zero attached hydrogens (tertiary/aromatic N) is 1. The number of fused-ring (bicyclic) bond motifs is 1. The summed E-state index contributed by atoms with van der Waals surface area (Å²) < 4.78 is 27.7. The summed E-state index contributed by atoms with van der Waals surface area (Å²) in [6.45, 7) is -0.208. The van der Waals surface area contributed by atoms with Gasteiger partial charge in [-0.2, -0.15) is 0 Å². The van der Waals surface area contributed by atoms with Gasteiger partial charge in [-0.3, -0.25) is 14.2 Å². The fourth-order valence-corrected chi connectivity index (χ4v) is 3.13. The summed E-state index contributed by atoms with van der Waals surface area (Å²) in [5.74, 6) is -1.91. The fraction of sp³-hybridized carbons (Fsp3) is 0.188. The summed E-state index contributed by atoms with van der Waals surface area (Å²) in [4.78, 5) is 38.6. The fourth-order valence-electron chi connectivity index (χ4n) is 2.33. The van der Waals surface area contributed by atoms with E-state index >= 15 is 0 Å². The van der Waals surface area contributed by atoms with Gasteiger partial charge in [0.25, 0.3) is 5.56 Å². The van der Waals surface area contributed by atoms with Crippen LogP contribution in [0.3, 0.4) is 0 Å². The molecule has 0 atom stereocenters. The lowest BCUT2D eigenvalue weighted by atomic mass is 10.2. The molecule has 2 heterocycles. The first-order chi connectivity index (χ1) is 12.0. The minimum atomic E-state index is -0.754. The van der Waals surface area contributed by atoms with Crippen molar-refractivity contribution in [1.82, 2.24) is 14.9 Å². The van der Waals surface area contributed by atoms with Crippen LogP contribution in [-0.2, 0) is 17.9 Å². The summed E-state index contributed by atoms with van der Waals surface area (Å²) in [7, 11) is 0. The lowest BCUT2D eigenvalue weighted by Gasteiger charge is -2.07. The van der Waals surface area contributed by atoms with Gasteiger partial charge in [-0.1, -0.05) is 6.07 Å². The number of nitrogens with one attached hydrogen (secondary N) is 2. The number of carbonyl (C=O) groups is 1. The zero-order valence-electron chi connectivity index (χ0n) is 12.8. The topological polar surface area (TPSA) is 84.0 Å². The predicted molar refractivity (Wildman–Crippen MR) is 89.5 cm³/mol. The van der Waals surface area contributed by atoms with Crippen LogP contribution < -0.4 is 16.6 Å². The highest BCUT2D eigenvalue weighted by Gasteiger charge is 2.11. The van der Waals surface area contributed by atoms with E-state index in [1.54, 1.807) is 11.4 Å². The number of benzene rings is 1. The van der Waals surface area contributed by atoms with E-state index in [2.05, 4.69) is 10.3 Å². The van der Waals surface area contributed by atoms with E-state index in [9.17, 15) is 23.2 Å². The van der Waals surface area contributed by atoms with Crippen molar-refractivity contribution < 1.29 is 13.6 Å². The van der Waals surface area contributed by atoms with Crippen LogP contribution in [0, 0.1) is 11.6 Å². The Hall–Kier alpha value is -2.81. The van der Waals surface area contributed by atoms with Crippen molar-refractivity contribution in [2.75, 3.05) is 0 Å². The Morgan fingerprint density at radius 1 is 1.24 bits per heavy atom. The molecular formula is C16H13F2N3O3S. The maximum atomic E-state index is 13.5. The van der Waals surface area contributed by atoms with Crippen LogP contribution in [0.25, 0.3) is 10.2 Å². The summed E-state index contributed by atoms with van der Waals surface area (Å²) in [6, 6.07) is 4.71. The van der Waals surface area contributed by atoms with Crippen LogP contribution >= 0.6 is 11.3 Å².